The summed E-state index contributed by atoms with van der Waals surface area (Å²) in [6.45, 7) is 14.4. The second-order valence-corrected chi connectivity index (χ2v) is 7.41. The van der Waals surface area contributed by atoms with Crippen molar-refractivity contribution in [3.63, 3.8) is 0 Å². The maximum absolute atomic E-state index is 2.63. The Morgan fingerprint density at radius 3 is 2.22 bits per heavy atom. The van der Waals surface area contributed by atoms with E-state index in [1.165, 1.54) is 31.5 Å². The van der Waals surface area contributed by atoms with Crippen molar-refractivity contribution in [2.75, 3.05) is 18.0 Å². The molecular weight excluding hydrogens is 218 g/mol. The van der Waals surface area contributed by atoms with E-state index in [0.717, 1.165) is 0 Å². The van der Waals surface area contributed by atoms with Gasteiger partial charge >= 0.3 is 0 Å². The molecule has 2 aliphatic heterocycles. The first kappa shape index (κ1) is 12.1. The number of aryl methyl sites for hydroxylation is 1. The summed E-state index contributed by atoms with van der Waals surface area (Å²) in [5.74, 6) is 0. The van der Waals surface area contributed by atoms with Crippen LogP contribution in [-0.2, 0) is 10.8 Å². The van der Waals surface area contributed by atoms with Gasteiger partial charge in [-0.25, -0.2) is 0 Å². The molecule has 0 radical (unpaired) electrons. The van der Waals surface area contributed by atoms with Crippen molar-refractivity contribution in [2.45, 2.75) is 58.3 Å². The molecule has 1 aromatic carbocycles. The Hall–Kier alpha value is -0.980. The molecule has 0 aliphatic carbocycles. The quantitative estimate of drug-likeness (QED) is 0.661. The van der Waals surface area contributed by atoms with Gasteiger partial charge in [0.2, 0.25) is 0 Å². The van der Waals surface area contributed by atoms with Gasteiger partial charge in [0.15, 0.2) is 0 Å². The Balaban J connectivity index is 2.32. The van der Waals surface area contributed by atoms with Crippen LogP contribution >= 0.6 is 0 Å². The van der Waals surface area contributed by atoms with Gasteiger partial charge < -0.3 is 4.90 Å². The molecule has 0 amide bonds. The van der Waals surface area contributed by atoms with Crippen LogP contribution in [-0.4, -0.2) is 13.1 Å². The first-order chi connectivity index (χ1) is 8.33. The summed E-state index contributed by atoms with van der Waals surface area (Å²) in [6.07, 6.45) is 2.56. The number of anilines is 1. The molecule has 0 atom stereocenters. The highest BCUT2D eigenvalue weighted by molar-refractivity contribution is 5.69. The number of nitrogens with zero attached hydrogens (tertiary/aromatic N) is 1. The van der Waals surface area contributed by atoms with Crippen molar-refractivity contribution in [3.05, 3.63) is 28.8 Å². The predicted octanol–water partition coefficient (Wildman–Crippen LogP) is 4.16. The van der Waals surface area contributed by atoms with Gasteiger partial charge in [0.25, 0.3) is 0 Å². The van der Waals surface area contributed by atoms with Crippen molar-refractivity contribution < 1.29 is 0 Å². The molecule has 3 rings (SSSR count). The molecule has 0 saturated carbocycles. The van der Waals surface area contributed by atoms with E-state index < -0.39 is 0 Å². The first-order valence-corrected chi connectivity index (χ1v) is 7.22. The Morgan fingerprint density at radius 2 is 1.56 bits per heavy atom. The molecule has 0 aromatic heterocycles. The van der Waals surface area contributed by atoms with Crippen LogP contribution in [0.25, 0.3) is 0 Å². The molecule has 18 heavy (non-hydrogen) atoms. The highest BCUT2D eigenvalue weighted by Gasteiger charge is 2.40. The number of rotatable bonds is 0. The summed E-state index contributed by atoms with van der Waals surface area (Å²) < 4.78 is 0. The van der Waals surface area contributed by atoms with Crippen molar-refractivity contribution in [1.29, 1.82) is 0 Å². The van der Waals surface area contributed by atoms with Gasteiger partial charge in [-0.05, 0) is 47.3 Å². The highest BCUT2D eigenvalue weighted by Crippen LogP contribution is 2.49. The van der Waals surface area contributed by atoms with E-state index >= 15 is 0 Å². The average Bonchev–Trinajstić information content (AvgIpc) is 2.26. The second-order valence-electron chi connectivity index (χ2n) is 7.41. The lowest BCUT2D eigenvalue weighted by molar-refractivity contribution is 0.400. The Labute approximate surface area is 111 Å². The van der Waals surface area contributed by atoms with Crippen LogP contribution in [0, 0.1) is 6.92 Å². The fourth-order valence-electron chi connectivity index (χ4n) is 3.84. The minimum absolute atomic E-state index is 0.333. The summed E-state index contributed by atoms with van der Waals surface area (Å²) in [5.41, 5.74) is 6.89. The van der Waals surface area contributed by atoms with Gasteiger partial charge in [-0.15, -0.1) is 0 Å². The molecule has 98 valence electrons. The Bertz CT molecular complexity index is 495. The van der Waals surface area contributed by atoms with Gasteiger partial charge in [-0.1, -0.05) is 39.8 Å². The van der Waals surface area contributed by atoms with Gasteiger partial charge in [-0.2, -0.15) is 0 Å². The van der Waals surface area contributed by atoms with E-state index in [-0.39, 0.29) is 0 Å². The lowest BCUT2D eigenvalue weighted by atomic mass is 9.68. The van der Waals surface area contributed by atoms with Gasteiger partial charge in [0.1, 0.15) is 0 Å². The SMILES string of the molecule is Cc1ccc2c3c1C(C)(C)CCN3CCC2(C)C. The third-order valence-corrected chi connectivity index (χ3v) is 5.12. The second kappa shape index (κ2) is 3.53. The van der Waals surface area contributed by atoms with Crippen LogP contribution in [0.3, 0.4) is 0 Å². The standard InChI is InChI=1S/C17H25N/c1-12-6-7-13-15-14(12)17(4,5)9-11-18(15)10-8-16(13,2)3/h6-7H,8-11H2,1-5H3. The van der Waals surface area contributed by atoms with E-state index in [1.54, 1.807) is 16.8 Å². The molecule has 0 spiro atoms. The number of hydrogen-bond donors (Lipinski definition) is 0. The molecule has 0 N–H and O–H groups in total. The van der Waals surface area contributed by atoms with Gasteiger partial charge in [0.05, 0.1) is 0 Å². The summed E-state index contributed by atoms with van der Waals surface area (Å²) in [4.78, 5) is 2.63. The molecule has 0 bridgehead atoms. The lowest BCUT2D eigenvalue weighted by Crippen LogP contribution is -2.45. The normalized spacial score (nSPS) is 23.7. The first-order valence-electron chi connectivity index (χ1n) is 7.22. The maximum atomic E-state index is 2.63. The van der Waals surface area contributed by atoms with E-state index in [2.05, 4.69) is 51.7 Å². The zero-order chi connectivity index (χ0) is 13.1. The number of benzene rings is 1. The molecular formula is C17H25N. The summed E-state index contributed by atoms with van der Waals surface area (Å²) in [6, 6.07) is 4.72. The summed E-state index contributed by atoms with van der Waals surface area (Å²) >= 11 is 0. The molecule has 2 aliphatic rings. The Kier molecular flexibility index (Phi) is 2.36. The molecule has 1 nitrogen and oxygen atoms in total. The van der Waals surface area contributed by atoms with E-state index in [4.69, 9.17) is 0 Å². The number of hydrogen-bond acceptors (Lipinski definition) is 1. The fraction of sp³-hybridized carbons (Fsp3) is 0.647. The summed E-state index contributed by atoms with van der Waals surface area (Å²) in [7, 11) is 0. The average molecular weight is 243 g/mol. The zero-order valence-corrected chi connectivity index (χ0v) is 12.4. The monoisotopic (exact) mass is 243 g/mol. The molecule has 0 saturated heterocycles. The van der Waals surface area contributed by atoms with Crippen LogP contribution in [0.5, 0.6) is 0 Å². The van der Waals surface area contributed by atoms with E-state index in [9.17, 15) is 0 Å². The third kappa shape index (κ3) is 1.52. The van der Waals surface area contributed by atoms with Crippen molar-refractivity contribution in [2.24, 2.45) is 0 Å². The molecule has 0 fully saturated rings. The van der Waals surface area contributed by atoms with Crippen LogP contribution in [0.1, 0.15) is 57.2 Å². The highest BCUT2D eigenvalue weighted by atomic mass is 15.2. The van der Waals surface area contributed by atoms with Crippen molar-refractivity contribution >= 4 is 5.69 Å². The topological polar surface area (TPSA) is 3.24 Å². The molecule has 0 unspecified atom stereocenters. The minimum atomic E-state index is 0.333. The zero-order valence-electron chi connectivity index (χ0n) is 12.4. The molecule has 1 aromatic rings. The predicted molar refractivity (Wildman–Crippen MR) is 78.7 cm³/mol. The molecule has 2 heterocycles. The van der Waals surface area contributed by atoms with E-state index in [1.807, 2.05) is 0 Å². The minimum Gasteiger partial charge on any atom is -0.371 e. The fourth-order valence-corrected chi connectivity index (χ4v) is 3.84. The van der Waals surface area contributed by atoms with Gasteiger partial charge in [0, 0.05) is 18.8 Å². The van der Waals surface area contributed by atoms with Crippen molar-refractivity contribution in [1.82, 2.24) is 0 Å². The van der Waals surface area contributed by atoms with E-state index in [0.29, 0.717) is 10.8 Å². The van der Waals surface area contributed by atoms with Crippen molar-refractivity contribution in [3.8, 4) is 0 Å². The lowest BCUT2D eigenvalue weighted by Gasteiger charge is -2.48. The van der Waals surface area contributed by atoms with Crippen LogP contribution in [0.15, 0.2) is 12.1 Å². The largest absolute Gasteiger partial charge is 0.371 e. The van der Waals surface area contributed by atoms with Gasteiger partial charge in [-0.3, -0.25) is 0 Å². The maximum Gasteiger partial charge on any atom is 0.0445 e. The van der Waals surface area contributed by atoms with Crippen LogP contribution in [0.4, 0.5) is 5.69 Å². The summed E-state index contributed by atoms with van der Waals surface area (Å²) in [5, 5.41) is 0. The molecule has 1 heteroatoms. The van der Waals surface area contributed by atoms with Crippen LogP contribution < -0.4 is 4.90 Å². The van der Waals surface area contributed by atoms with Crippen LogP contribution in [0.2, 0.25) is 0 Å². The Morgan fingerprint density at radius 1 is 0.944 bits per heavy atom. The smallest absolute Gasteiger partial charge is 0.0445 e. The third-order valence-electron chi connectivity index (χ3n) is 5.12.